The molecule has 0 bridgehead atoms. The summed E-state index contributed by atoms with van der Waals surface area (Å²) in [5.41, 5.74) is 0.858. The monoisotopic (exact) mass is 355 g/mol. The summed E-state index contributed by atoms with van der Waals surface area (Å²) in [5.74, 6) is -0.725. The summed E-state index contributed by atoms with van der Waals surface area (Å²) >= 11 is 1.31. The van der Waals surface area contributed by atoms with Crippen molar-refractivity contribution in [3.05, 3.63) is 65.0 Å². The van der Waals surface area contributed by atoms with Gasteiger partial charge in [0.2, 0.25) is 0 Å². The molecule has 2 N–H and O–H groups in total. The number of benzene rings is 2. The van der Waals surface area contributed by atoms with E-state index in [0.29, 0.717) is 10.6 Å². The predicted molar refractivity (Wildman–Crippen MR) is 97.4 cm³/mol. The number of rotatable bonds is 6. The maximum Gasteiger partial charge on any atom is 0.326 e. The number of carbonyl (C=O) groups is 2. The number of amides is 1. The number of nitrogens with one attached hydrogen (secondary N) is 1. The zero-order valence-electron chi connectivity index (χ0n) is 13.6. The van der Waals surface area contributed by atoms with Crippen molar-refractivity contribution >= 4 is 33.3 Å². The molecule has 0 spiro atoms. The summed E-state index contributed by atoms with van der Waals surface area (Å²) in [6.07, 6.45) is 0.237. The van der Waals surface area contributed by atoms with Crippen LogP contribution in [0.1, 0.15) is 15.2 Å². The molecule has 5 nitrogen and oxygen atoms in total. The van der Waals surface area contributed by atoms with Crippen LogP contribution < -0.4 is 10.1 Å². The van der Waals surface area contributed by atoms with Gasteiger partial charge in [-0.15, -0.1) is 11.3 Å². The smallest absolute Gasteiger partial charge is 0.326 e. The second-order valence-electron chi connectivity index (χ2n) is 5.57. The second kappa shape index (κ2) is 7.36. The molecule has 1 atom stereocenters. The molecule has 2 aromatic carbocycles. The Bertz CT molecular complexity index is 904. The summed E-state index contributed by atoms with van der Waals surface area (Å²) in [4.78, 5) is 24.5. The Balaban J connectivity index is 1.78. The molecule has 128 valence electrons. The van der Waals surface area contributed by atoms with Crippen molar-refractivity contribution in [2.24, 2.45) is 0 Å². The Kier molecular flexibility index (Phi) is 5.00. The molecule has 0 saturated heterocycles. The zero-order valence-corrected chi connectivity index (χ0v) is 14.4. The number of ether oxygens (including phenoxy) is 1. The van der Waals surface area contributed by atoms with Crippen molar-refractivity contribution < 1.29 is 19.4 Å². The van der Waals surface area contributed by atoms with Crippen LogP contribution in [0, 0.1) is 0 Å². The van der Waals surface area contributed by atoms with E-state index < -0.39 is 12.0 Å². The van der Waals surface area contributed by atoms with E-state index in [-0.39, 0.29) is 12.3 Å². The van der Waals surface area contributed by atoms with Gasteiger partial charge >= 0.3 is 5.97 Å². The highest BCUT2D eigenvalue weighted by molar-refractivity contribution is 7.20. The molecule has 1 amide bonds. The summed E-state index contributed by atoms with van der Waals surface area (Å²) in [6, 6.07) is 15.6. The van der Waals surface area contributed by atoms with Gasteiger partial charge in [0.1, 0.15) is 11.8 Å². The van der Waals surface area contributed by atoms with Crippen molar-refractivity contribution in [3.63, 3.8) is 0 Å². The average molecular weight is 355 g/mol. The number of fused-ring (bicyclic) bond motifs is 1. The first-order valence-corrected chi connectivity index (χ1v) is 8.53. The number of carboxylic acid groups (broad SMARTS) is 1. The van der Waals surface area contributed by atoms with Crippen molar-refractivity contribution in [2.45, 2.75) is 12.5 Å². The first kappa shape index (κ1) is 17.0. The molecule has 0 unspecified atom stereocenters. The van der Waals surface area contributed by atoms with Gasteiger partial charge in [0.15, 0.2) is 0 Å². The van der Waals surface area contributed by atoms with Crippen LogP contribution in [-0.4, -0.2) is 30.1 Å². The lowest BCUT2D eigenvalue weighted by Gasteiger charge is -2.14. The predicted octanol–water partition coefficient (Wildman–Crippen LogP) is 3.34. The molecule has 3 rings (SSSR count). The molecule has 0 saturated carbocycles. The number of aliphatic carboxylic acids is 1. The topological polar surface area (TPSA) is 75.6 Å². The van der Waals surface area contributed by atoms with E-state index in [1.807, 2.05) is 48.5 Å². The maximum absolute atomic E-state index is 12.5. The van der Waals surface area contributed by atoms with Gasteiger partial charge in [0.25, 0.3) is 5.91 Å². The molecular weight excluding hydrogens is 338 g/mol. The van der Waals surface area contributed by atoms with Crippen LogP contribution in [-0.2, 0) is 11.2 Å². The van der Waals surface area contributed by atoms with E-state index in [2.05, 4.69) is 5.32 Å². The Morgan fingerprint density at radius 1 is 1.16 bits per heavy atom. The number of carbonyl (C=O) groups excluding carboxylic acids is 1. The van der Waals surface area contributed by atoms with E-state index >= 15 is 0 Å². The Hall–Kier alpha value is -2.86. The van der Waals surface area contributed by atoms with Gasteiger partial charge in [-0.2, -0.15) is 0 Å². The van der Waals surface area contributed by atoms with E-state index in [1.54, 1.807) is 13.2 Å². The first-order valence-electron chi connectivity index (χ1n) is 7.72. The van der Waals surface area contributed by atoms with Crippen molar-refractivity contribution in [3.8, 4) is 5.75 Å². The molecule has 1 aromatic heterocycles. The second-order valence-corrected chi connectivity index (χ2v) is 6.65. The quantitative estimate of drug-likeness (QED) is 0.711. The van der Waals surface area contributed by atoms with Crippen LogP contribution in [0.25, 0.3) is 10.1 Å². The van der Waals surface area contributed by atoms with E-state index in [0.717, 1.165) is 15.6 Å². The lowest BCUT2D eigenvalue weighted by Crippen LogP contribution is -2.42. The van der Waals surface area contributed by atoms with Gasteiger partial charge in [-0.1, -0.05) is 30.3 Å². The lowest BCUT2D eigenvalue weighted by atomic mass is 10.1. The third-order valence-electron chi connectivity index (χ3n) is 3.84. The Morgan fingerprint density at radius 2 is 1.92 bits per heavy atom. The molecule has 0 aliphatic carbocycles. The molecule has 1 heterocycles. The van der Waals surface area contributed by atoms with Crippen LogP contribution in [0.15, 0.2) is 54.6 Å². The number of thiophene rings is 1. The molecule has 3 aromatic rings. The number of hydrogen-bond acceptors (Lipinski definition) is 4. The van der Waals surface area contributed by atoms with Gasteiger partial charge in [-0.05, 0) is 35.2 Å². The van der Waals surface area contributed by atoms with E-state index in [4.69, 9.17) is 4.74 Å². The van der Waals surface area contributed by atoms with Crippen molar-refractivity contribution in [2.75, 3.05) is 7.11 Å². The minimum absolute atomic E-state index is 0.237. The van der Waals surface area contributed by atoms with Gasteiger partial charge < -0.3 is 15.2 Å². The number of carboxylic acids is 1. The van der Waals surface area contributed by atoms with Crippen LogP contribution in [0.4, 0.5) is 0 Å². The van der Waals surface area contributed by atoms with Crippen LogP contribution >= 0.6 is 11.3 Å². The highest BCUT2D eigenvalue weighted by atomic mass is 32.1. The highest BCUT2D eigenvalue weighted by Gasteiger charge is 2.22. The third kappa shape index (κ3) is 3.97. The molecular formula is C19H17NO4S. The summed E-state index contributed by atoms with van der Waals surface area (Å²) in [6.45, 7) is 0. The van der Waals surface area contributed by atoms with Gasteiger partial charge in [0.05, 0.1) is 12.0 Å². The molecule has 0 aliphatic heterocycles. The molecule has 25 heavy (non-hydrogen) atoms. The summed E-state index contributed by atoms with van der Waals surface area (Å²) in [7, 11) is 1.59. The summed E-state index contributed by atoms with van der Waals surface area (Å²) in [5, 5.41) is 12.9. The fourth-order valence-corrected chi connectivity index (χ4v) is 3.52. The molecule has 0 radical (unpaired) electrons. The SMILES string of the molecule is COc1ccc2cc(C(=O)N[C@H](Cc3ccccc3)C(=O)O)sc2c1. The van der Waals surface area contributed by atoms with Gasteiger partial charge in [-0.3, -0.25) is 4.79 Å². The van der Waals surface area contributed by atoms with Gasteiger partial charge in [0, 0.05) is 11.1 Å². The molecule has 6 heteroatoms. The summed E-state index contributed by atoms with van der Waals surface area (Å²) < 4.78 is 6.10. The Morgan fingerprint density at radius 3 is 2.60 bits per heavy atom. The average Bonchev–Trinajstić information content (AvgIpc) is 3.05. The fourth-order valence-electron chi connectivity index (χ4n) is 2.53. The number of methoxy groups -OCH3 is 1. The third-order valence-corrected chi connectivity index (χ3v) is 4.93. The minimum atomic E-state index is -1.06. The normalized spacial score (nSPS) is 11.9. The van der Waals surface area contributed by atoms with Gasteiger partial charge in [-0.25, -0.2) is 4.79 Å². The fraction of sp³-hybridized carbons (Fsp3) is 0.158. The molecule has 0 aliphatic rings. The van der Waals surface area contributed by atoms with Crippen LogP contribution in [0.3, 0.4) is 0 Å². The molecule has 0 fully saturated rings. The maximum atomic E-state index is 12.5. The van der Waals surface area contributed by atoms with Crippen molar-refractivity contribution in [1.82, 2.24) is 5.32 Å². The minimum Gasteiger partial charge on any atom is -0.497 e. The highest BCUT2D eigenvalue weighted by Crippen LogP contribution is 2.29. The van der Waals surface area contributed by atoms with E-state index in [9.17, 15) is 14.7 Å². The standard InChI is InChI=1S/C19H17NO4S/c1-24-14-8-7-13-10-17(25-16(13)11-14)18(21)20-15(19(22)23)9-12-5-3-2-4-6-12/h2-8,10-11,15H,9H2,1H3,(H,20,21)(H,22,23)/t15-/m1/s1. The van der Waals surface area contributed by atoms with E-state index in [1.165, 1.54) is 11.3 Å². The van der Waals surface area contributed by atoms with Crippen LogP contribution in [0.2, 0.25) is 0 Å². The largest absolute Gasteiger partial charge is 0.497 e. The number of hydrogen-bond donors (Lipinski definition) is 2. The Labute approximate surface area is 148 Å². The van der Waals surface area contributed by atoms with Crippen molar-refractivity contribution in [1.29, 1.82) is 0 Å². The lowest BCUT2D eigenvalue weighted by molar-refractivity contribution is -0.139. The zero-order chi connectivity index (χ0) is 17.8. The first-order chi connectivity index (χ1) is 12.1. The van der Waals surface area contributed by atoms with Crippen LogP contribution in [0.5, 0.6) is 5.75 Å².